The monoisotopic (exact) mass is 459 g/mol. The molecule has 0 fully saturated rings. The van der Waals surface area contributed by atoms with Crippen LogP contribution in [0.25, 0.3) is 0 Å². The molecule has 4 nitrogen and oxygen atoms in total. The Morgan fingerprint density at radius 3 is 2.48 bits per heavy atom. The number of anilines is 2. The Labute approximate surface area is 176 Å². The average Bonchev–Trinajstić information content (AvgIpc) is 2.70. The summed E-state index contributed by atoms with van der Waals surface area (Å²) in [6.45, 7) is 4.25. The number of carbonyl (C=O) groups excluding carboxylic acids is 1. The average molecular weight is 460 g/mol. The van der Waals surface area contributed by atoms with Crippen molar-refractivity contribution < 1.29 is 13.6 Å². The van der Waals surface area contributed by atoms with Gasteiger partial charge in [0, 0.05) is 18.4 Å². The molecule has 7 heteroatoms. The maximum atomic E-state index is 13.7. The summed E-state index contributed by atoms with van der Waals surface area (Å²) in [6.07, 6.45) is 1.51. The standard InChI is InChI=1S/C22H20BrF2N3O/c1-13(2)17-10-21(28-16-7-8-19(23)20(25)9-16)26-12-18(17)22(29)27-11-14-3-5-15(24)6-4-14/h3-10,12-13H,11H2,1-2H3,(H,26,28)(H,27,29). The van der Waals surface area contributed by atoms with Crippen molar-refractivity contribution in [2.24, 2.45) is 0 Å². The van der Waals surface area contributed by atoms with E-state index in [4.69, 9.17) is 0 Å². The van der Waals surface area contributed by atoms with Crippen molar-refractivity contribution in [3.8, 4) is 0 Å². The van der Waals surface area contributed by atoms with Crippen molar-refractivity contribution in [3.63, 3.8) is 0 Å². The SMILES string of the molecule is CC(C)c1cc(Nc2ccc(Br)c(F)c2)ncc1C(=O)NCc1ccc(F)cc1. The van der Waals surface area contributed by atoms with Gasteiger partial charge in [-0.05, 0) is 69.4 Å². The second-order valence-electron chi connectivity index (χ2n) is 6.87. The summed E-state index contributed by atoms with van der Waals surface area (Å²) in [5, 5.41) is 5.89. The third-order valence-electron chi connectivity index (χ3n) is 4.36. The van der Waals surface area contributed by atoms with Gasteiger partial charge in [-0.3, -0.25) is 4.79 Å². The topological polar surface area (TPSA) is 54.0 Å². The molecule has 1 aromatic heterocycles. The van der Waals surface area contributed by atoms with Gasteiger partial charge >= 0.3 is 0 Å². The van der Waals surface area contributed by atoms with E-state index in [0.29, 0.717) is 21.5 Å². The molecule has 0 aliphatic carbocycles. The molecule has 0 unspecified atom stereocenters. The second-order valence-corrected chi connectivity index (χ2v) is 7.73. The van der Waals surface area contributed by atoms with Crippen LogP contribution in [0.4, 0.5) is 20.3 Å². The van der Waals surface area contributed by atoms with Crippen molar-refractivity contribution in [2.45, 2.75) is 26.3 Å². The van der Waals surface area contributed by atoms with Crippen LogP contribution in [0.1, 0.15) is 41.3 Å². The van der Waals surface area contributed by atoms with E-state index in [-0.39, 0.29) is 30.0 Å². The number of hydrogen-bond acceptors (Lipinski definition) is 3. The largest absolute Gasteiger partial charge is 0.348 e. The molecule has 1 heterocycles. The van der Waals surface area contributed by atoms with Gasteiger partial charge in [-0.1, -0.05) is 26.0 Å². The number of nitrogens with one attached hydrogen (secondary N) is 2. The molecule has 0 radical (unpaired) electrons. The Bertz CT molecular complexity index is 1020. The van der Waals surface area contributed by atoms with Crippen LogP contribution in [0.2, 0.25) is 0 Å². The third-order valence-corrected chi connectivity index (χ3v) is 5.00. The molecule has 0 atom stereocenters. The summed E-state index contributed by atoms with van der Waals surface area (Å²) in [4.78, 5) is 17.0. The van der Waals surface area contributed by atoms with Crippen molar-refractivity contribution in [2.75, 3.05) is 5.32 Å². The molecule has 0 aliphatic rings. The van der Waals surface area contributed by atoms with Crippen molar-refractivity contribution in [1.29, 1.82) is 0 Å². The highest BCUT2D eigenvalue weighted by molar-refractivity contribution is 9.10. The molecule has 29 heavy (non-hydrogen) atoms. The second kappa shape index (κ2) is 9.13. The maximum Gasteiger partial charge on any atom is 0.253 e. The quantitative estimate of drug-likeness (QED) is 0.480. The summed E-state index contributed by atoms with van der Waals surface area (Å²) in [5.41, 5.74) is 2.64. The number of halogens is 3. The molecule has 1 amide bonds. The van der Waals surface area contributed by atoms with Crippen molar-refractivity contribution in [1.82, 2.24) is 10.3 Å². The molecule has 0 saturated heterocycles. The van der Waals surface area contributed by atoms with E-state index in [2.05, 4.69) is 31.5 Å². The molecular weight excluding hydrogens is 440 g/mol. The number of aromatic nitrogens is 1. The Morgan fingerprint density at radius 2 is 1.83 bits per heavy atom. The lowest BCUT2D eigenvalue weighted by Gasteiger charge is -2.15. The van der Waals surface area contributed by atoms with E-state index in [0.717, 1.165) is 11.1 Å². The van der Waals surface area contributed by atoms with E-state index < -0.39 is 0 Å². The van der Waals surface area contributed by atoms with Gasteiger partial charge in [-0.25, -0.2) is 13.8 Å². The van der Waals surface area contributed by atoms with Crippen LogP contribution < -0.4 is 10.6 Å². The summed E-state index contributed by atoms with van der Waals surface area (Å²) in [7, 11) is 0. The van der Waals surface area contributed by atoms with Crippen LogP contribution in [0.5, 0.6) is 0 Å². The molecule has 2 aromatic carbocycles. The van der Waals surface area contributed by atoms with Crippen molar-refractivity contribution in [3.05, 3.63) is 87.5 Å². The van der Waals surface area contributed by atoms with E-state index in [1.54, 1.807) is 30.3 Å². The number of hydrogen-bond donors (Lipinski definition) is 2. The zero-order valence-electron chi connectivity index (χ0n) is 16.0. The Kier molecular flexibility index (Phi) is 6.59. The van der Waals surface area contributed by atoms with Crippen LogP contribution in [0, 0.1) is 11.6 Å². The van der Waals surface area contributed by atoms with Gasteiger partial charge in [-0.15, -0.1) is 0 Å². The summed E-state index contributed by atoms with van der Waals surface area (Å²) >= 11 is 3.12. The van der Waals surface area contributed by atoms with Gasteiger partial charge in [0.05, 0.1) is 10.0 Å². The van der Waals surface area contributed by atoms with E-state index in [9.17, 15) is 13.6 Å². The van der Waals surface area contributed by atoms with Crippen LogP contribution in [-0.2, 0) is 6.54 Å². The minimum absolute atomic E-state index is 0.0757. The van der Waals surface area contributed by atoms with Gasteiger partial charge in [0.1, 0.15) is 17.5 Å². The summed E-state index contributed by atoms with van der Waals surface area (Å²) < 4.78 is 27.1. The number of amides is 1. The van der Waals surface area contributed by atoms with E-state index in [1.807, 2.05) is 13.8 Å². The van der Waals surface area contributed by atoms with Crippen molar-refractivity contribution >= 4 is 33.3 Å². The van der Waals surface area contributed by atoms with Crippen LogP contribution in [0.3, 0.4) is 0 Å². The zero-order valence-corrected chi connectivity index (χ0v) is 17.6. The highest BCUT2D eigenvalue weighted by atomic mass is 79.9. The molecular formula is C22H20BrF2N3O. The summed E-state index contributed by atoms with van der Waals surface area (Å²) in [6, 6.07) is 12.5. The minimum Gasteiger partial charge on any atom is -0.348 e. The molecule has 0 aliphatic heterocycles. The fourth-order valence-corrected chi connectivity index (χ4v) is 3.05. The van der Waals surface area contributed by atoms with Crippen LogP contribution in [0.15, 0.2) is 59.2 Å². The normalized spacial score (nSPS) is 10.8. The van der Waals surface area contributed by atoms with E-state index >= 15 is 0 Å². The van der Waals surface area contributed by atoms with Gasteiger partial charge in [-0.2, -0.15) is 0 Å². The maximum absolute atomic E-state index is 13.7. The highest BCUT2D eigenvalue weighted by Gasteiger charge is 2.16. The van der Waals surface area contributed by atoms with Crippen LogP contribution in [-0.4, -0.2) is 10.9 Å². The molecule has 2 N–H and O–H groups in total. The molecule has 0 saturated carbocycles. The molecule has 3 rings (SSSR count). The van der Waals surface area contributed by atoms with Crippen LogP contribution >= 0.6 is 15.9 Å². The third kappa shape index (κ3) is 5.38. The Hall–Kier alpha value is -2.80. The number of carbonyl (C=O) groups is 1. The first-order valence-corrected chi connectivity index (χ1v) is 9.87. The fourth-order valence-electron chi connectivity index (χ4n) is 2.81. The molecule has 150 valence electrons. The number of nitrogens with zero attached hydrogens (tertiary/aromatic N) is 1. The predicted octanol–water partition coefficient (Wildman–Crippen LogP) is 5.92. The predicted molar refractivity (Wildman–Crippen MR) is 113 cm³/mol. The first-order chi connectivity index (χ1) is 13.8. The number of rotatable bonds is 6. The lowest BCUT2D eigenvalue weighted by atomic mass is 9.98. The van der Waals surface area contributed by atoms with Gasteiger partial charge < -0.3 is 10.6 Å². The Morgan fingerprint density at radius 1 is 1.10 bits per heavy atom. The first kappa shape index (κ1) is 20.9. The van der Waals surface area contributed by atoms with E-state index in [1.165, 1.54) is 24.4 Å². The fraction of sp³-hybridized carbons (Fsp3) is 0.182. The lowest BCUT2D eigenvalue weighted by molar-refractivity contribution is 0.0949. The van der Waals surface area contributed by atoms with Gasteiger partial charge in [0.15, 0.2) is 0 Å². The lowest BCUT2D eigenvalue weighted by Crippen LogP contribution is -2.24. The van der Waals surface area contributed by atoms with Gasteiger partial charge in [0.25, 0.3) is 5.91 Å². The number of benzene rings is 2. The van der Waals surface area contributed by atoms with Gasteiger partial charge in [0.2, 0.25) is 0 Å². The zero-order chi connectivity index (χ0) is 21.0. The Balaban J connectivity index is 1.77. The summed E-state index contributed by atoms with van der Waals surface area (Å²) in [5.74, 6) is -0.361. The molecule has 0 spiro atoms. The highest BCUT2D eigenvalue weighted by Crippen LogP contribution is 2.25. The minimum atomic E-state index is -0.379. The molecule has 0 bridgehead atoms. The smallest absolute Gasteiger partial charge is 0.253 e. The molecule has 3 aromatic rings. The first-order valence-electron chi connectivity index (χ1n) is 9.08. The number of pyridine rings is 1.